The Labute approximate surface area is 198 Å². The predicted octanol–water partition coefficient (Wildman–Crippen LogP) is 7.10. The second kappa shape index (κ2) is 10.4. The van der Waals surface area contributed by atoms with Gasteiger partial charge in [-0.25, -0.2) is 0 Å². The van der Waals surface area contributed by atoms with E-state index < -0.39 is 93.9 Å². The molecule has 25 heteroatoms. The van der Waals surface area contributed by atoms with Crippen molar-refractivity contribution in [1.29, 1.82) is 0 Å². The van der Waals surface area contributed by atoms with Crippen LogP contribution in [0.5, 0.6) is 0 Å². The van der Waals surface area contributed by atoms with Crippen molar-refractivity contribution >= 4 is 14.3 Å². The summed E-state index contributed by atoms with van der Waals surface area (Å²) in [7, 11) is 0. The van der Waals surface area contributed by atoms with Gasteiger partial charge in [-0.3, -0.25) is 0 Å². The van der Waals surface area contributed by atoms with Gasteiger partial charge < -0.3 is 0 Å². The Morgan fingerprint density at radius 1 is 0.368 bits per heavy atom. The molecule has 0 amide bonds. The summed E-state index contributed by atoms with van der Waals surface area (Å²) in [6, 6.07) is 0. The van der Waals surface area contributed by atoms with Crippen LogP contribution in [-0.2, 0) is 11.3 Å². The second-order valence-electron chi connectivity index (χ2n) is 7.06. The van der Waals surface area contributed by atoms with Gasteiger partial charge in [-0.2, -0.15) is 0 Å². The van der Waals surface area contributed by atoms with Crippen LogP contribution in [-0.4, -0.2) is 88.2 Å². The fraction of sp³-hybridized carbons (Fsp3) is 1.00. The van der Waals surface area contributed by atoms with Crippen molar-refractivity contribution in [3.63, 3.8) is 0 Å². The van der Waals surface area contributed by atoms with Crippen molar-refractivity contribution in [2.24, 2.45) is 0 Å². The van der Waals surface area contributed by atoms with Crippen LogP contribution in [0.25, 0.3) is 0 Å². The van der Waals surface area contributed by atoms with Crippen molar-refractivity contribution in [2.45, 2.75) is 59.8 Å². The Morgan fingerprint density at radius 2 is 0.526 bits per heavy atom. The van der Waals surface area contributed by atoms with E-state index >= 15 is 0 Å². The van der Waals surface area contributed by atoms with Gasteiger partial charge in [0, 0.05) is 0 Å². The molecule has 0 aliphatic rings. The third-order valence-electron chi connectivity index (χ3n) is 3.99. The molecular weight excluding hydrogens is 676 g/mol. The van der Waals surface area contributed by atoms with Gasteiger partial charge in [-0.15, -0.1) is 0 Å². The summed E-state index contributed by atoms with van der Waals surface area (Å²) in [5.41, 5.74) is 0. The molecule has 0 heterocycles. The Hall–Kier alpha value is -1.05. The number of hydrogen-bond donors (Lipinski definition) is 0. The van der Waals surface area contributed by atoms with Crippen molar-refractivity contribution in [1.82, 2.24) is 0 Å². The van der Waals surface area contributed by atoms with Crippen LogP contribution in [0.3, 0.4) is 0 Å². The van der Waals surface area contributed by atoms with E-state index in [4.69, 9.17) is 0 Å². The molecule has 0 aliphatic carbocycles. The van der Waals surface area contributed by atoms with Crippen LogP contribution in [0, 0.1) is 0 Å². The monoisotopic (exact) mass is 686 g/mol. The third-order valence-corrected chi connectivity index (χ3v) is 8.20. The minimum atomic E-state index is -7.18. The molecule has 0 bridgehead atoms. The van der Waals surface area contributed by atoms with E-state index in [1.807, 2.05) is 0 Å². The van der Waals surface area contributed by atoms with Gasteiger partial charge in [0.15, 0.2) is 0 Å². The first kappa shape index (κ1) is 37.0. The summed E-state index contributed by atoms with van der Waals surface area (Å²) in [6.07, 6.45) is -21.4. The Kier molecular flexibility index (Phi) is 10.1. The molecule has 0 radical (unpaired) electrons. The first-order valence-electron chi connectivity index (χ1n) is 8.51. The number of halogens is 21. The maximum absolute atomic E-state index is 13.4. The van der Waals surface area contributed by atoms with E-state index in [9.17, 15) is 92.2 Å². The van der Waals surface area contributed by atoms with Crippen molar-refractivity contribution in [2.75, 3.05) is 19.8 Å². The zero-order valence-corrected chi connectivity index (χ0v) is 19.4. The van der Waals surface area contributed by atoms with Crippen LogP contribution < -0.4 is 0 Å². The van der Waals surface area contributed by atoms with E-state index in [0.717, 1.165) is 0 Å². The van der Waals surface area contributed by atoms with E-state index in [1.165, 1.54) is 0 Å². The van der Waals surface area contributed by atoms with Crippen LogP contribution in [0.4, 0.5) is 92.2 Å². The van der Waals surface area contributed by atoms with Crippen molar-refractivity contribution in [3.8, 4) is 0 Å². The average Bonchev–Trinajstić information content (AvgIpc) is 2.67. The molecule has 0 fully saturated rings. The summed E-state index contributed by atoms with van der Waals surface area (Å²) in [5, 5.41) is 0. The number of hydrogen-bond acceptors (Lipinski definition) is 3. The molecule has 0 N–H and O–H groups in total. The predicted molar refractivity (Wildman–Crippen MR) is 77.3 cm³/mol. The molecular formula is C13H9F21GeO3. The first-order valence-corrected chi connectivity index (χ1v) is 13.2. The number of rotatable bonds is 12. The maximum atomic E-state index is 13.4. The number of alkyl halides is 21. The molecule has 0 unspecified atom stereocenters. The topological polar surface area (TPSA) is 27.7 Å². The van der Waals surface area contributed by atoms with Gasteiger partial charge in [0.2, 0.25) is 0 Å². The van der Waals surface area contributed by atoms with E-state index in [2.05, 4.69) is 11.3 Å². The second-order valence-corrected chi connectivity index (χ2v) is 12.5. The van der Waals surface area contributed by atoms with E-state index in [-0.39, 0.29) is 0 Å². The third kappa shape index (κ3) is 7.37. The molecule has 0 aromatic heterocycles. The molecule has 0 atom stereocenters. The fourth-order valence-electron chi connectivity index (χ4n) is 1.68. The summed E-state index contributed by atoms with van der Waals surface area (Å²) in [5.74, 6) is -41.4. The van der Waals surface area contributed by atoms with Gasteiger partial charge in [-0.05, 0) is 0 Å². The van der Waals surface area contributed by atoms with Crippen molar-refractivity contribution in [3.05, 3.63) is 0 Å². The summed E-state index contributed by atoms with van der Waals surface area (Å²) in [4.78, 5) is 0. The zero-order valence-electron chi connectivity index (χ0n) is 17.3. The van der Waals surface area contributed by atoms with Gasteiger partial charge in [0.25, 0.3) is 0 Å². The molecule has 0 spiro atoms. The van der Waals surface area contributed by atoms with Gasteiger partial charge in [0.05, 0.1) is 0 Å². The van der Waals surface area contributed by atoms with E-state index in [1.54, 1.807) is 0 Å². The average molecular weight is 685 g/mol. The summed E-state index contributed by atoms with van der Waals surface area (Å²) in [6.45, 7) is -10.5. The van der Waals surface area contributed by atoms with Crippen LogP contribution in [0.15, 0.2) is 0 Å². The first-order chi connectivity index (χ1) is 16.1. The molecule has 0 aromatic rings. The van der Waals surface area contributed by atoms with Crippen LogP contribution in [0.2, 0.25) is 5.76 Å². The van der Waals surface area contributed by atoms with Crippen LogP contribution in [0.1, 0.15) is 0 Å². The molecule has 0 saturated heterocycles. The Morgan fingerprint density at radius 3 is 0.658 bits per heavy atom. The Balaban J connectivity index is 6.24. The van der Waals surface area contributed by atoms with Gasteiger partial charge in [-0.1, -0.05) is 0 Å². The summed E-state index contributed by atoms with van der Waals surface area (Å²) >= 11 is -7.18. The van der Waals surface area contributed by atoms with Gasteiger partial charge >= 0.3 is 197 Å². The Bertz CT molecular complexity index is 695. The minimum absolute atomic E-state index is 0.411. The van der Waals surface area contributed by atoms with Crippen LogP contribution >= 0.6 is 0 Å². The molecule has 0 aromatic carbocycles. The molecule has 38 heavy (non-hydrogen) atoms. The molecule has 0 saturated carbocycles. The van der Waals surface area contributed by atoms with Crippen molar-refractivity contribution < 1.29 is 103 Å². The molecule has 230 valence electrons. The SMILES string of the molecule is [CH3][Ge]([O]CC(F)(F)C(F)(F)C(F)(F)F)([O]CC(F)(F)C(F)(F)C(F)(F)F)[O]CC(F)(F)C(F)(F)C(F)(F)F. The zero-order chi connectivity index (χ0) is 31.2. The summed E-state index contributed by atoms with van der Waals surface area (Å²) < 4.78 is 277. The molecule has 0 rings (SSSR count). The quantitative estimate of drug-likeness (QED) is 0.162. The standard InChI is InChI=1S/C13H9F21GeO3/c1-35(36-2-5(14,15)8(20,21)11(26,27)28,37-3-6(16,17)9(22,23)12(29,30)31)38-4-7(18,19)10(24,25)13(32,33)34/h2-4H2,1H3. The van der Waals surface area contributed by atoms with E-state index in [0.29, 0.717) is 0 Å². The fourth-order valence-corrected chi connectivity index (χ4v) is 5.00. The van der Waals surface area contributed by atoms with Gasteiger partial charge in [0.1, 0.15) is 0 Å². The molecule has 3 nitrogen and oxygen atoms in total. The normalized spacial score (nSPS) is 16.3. The molecule has 0 aliphatic heterocycles.